The van der Waals surface area contributed by atoms with E-state index in [2.05, 4.69) is 4.74 Å². The fourth-order valence-corrected chi connectivity index (χ4v) is 1.83. The van der Waals surface area contributed by atoms with Crippen molar-refractivity contribution < 1.29 is 31.8 Å². The fourth-order valence-electron chi connectivity index (χ4n) is 1.83. The molecule has 0 saturated heterocycles. The van der Waals surface area contributed by atoms with E-state index in [-0.39, 0.29) is 11.3 Å². The maximum atomic E-state index is 13.6. The summed E-state index contributed by atoms with van der Waals surface area (Å²) in [6.45, 7) is -3.15. The maximum absolute atomic E-state index is 13.6. The van der Waals surface area contributed by atoms with Gasteiger partial charge in [0.05, 0.1) is 0 Å². The normalized spacial score (nSPS) is 12.5. The van der Waals surface area contributed by atoms with Crippen LogP contribution in [-0.2, 0) is 0 Å². The number of ether oxygens (including phenoxy) is 1. The van der Waals surface area contributed by atoms with Gasteiger partial charge in [0.25, 0.3) is 0 Å². The number of para-hydroxylation sites is 1. The lowest BCUT2D eigenvalue weighted by Gasteiger charge is -2.17. The minimum atomic E-state index is -3.15. The first-order valence-corrected chi connectivity index (χ1v) is 5.77. The summed E-state index contributed by atoms with van der Waals surface area (Å²) in [5, 5.41) is 10.0. The van der Waals surface area contributed by atoms with Gasteiger partial charge < -0.3 is 9.84 Å². The number of benzene rings is 2. The number of hydrogen-bond acceptors (Lipinski definition) is 2. The maximum Gasteiger partial charge on any atom is 0.387 e. The molecule has 2 aromatic rings. The van der Waals surface area contributed by atoms with Crippen molar-refractivity contribution in [1.29, 1.82) is 0 Å². The highest BCUT2D eigenvalue weighted by molar-refractivity contribution is 5.40. The zero-order chi connectivity index (χ0) is 15.6. The van der Waals surface area contributed by atoms with E-state index < -0.39 is 35.7 Å². The van der Waals surface area contributed by atoms with Crippen LogP contribution >= 0.6 is 0 Å². The Labute approximate surface area is 116 Å². The lowest BCUT2D eigenvalue weighted by molar-refractivity contribution is -0.0512. The molecule has 0 aliphatic rings. The molecular weight excluding hydrogens is 295 g/mol. The van der Waals surface area contributed by atoms with E-state index >= 15 is 0 Å². The molecule has 0 aliphatic heterocycles. The summed E-state index contributed by atoms with van der Waals surface area (Å²) in [6, 6.07) is 6.58. The number of aliphatic hydroxyl groups is 1. The van der Waals surface area contributed by atoms with Gasteiger partial charge >= 0.3 is 6.61 Å². The van der Waals surface area contributed by atoms with Gasteiger partial charge in [0.2, 0.25) is 0 Å². The molecule has 2 aromatic carbocycles. The molecule has 0 heterocycles. The summed E-state index contributed by atoms with van der Waals surface area (Å²) >= 11 is 0. The van der Waals surface area contributed by atoms with Crippen molar-refractivity contribution >= 4 is 0 Å². The summed E-state index contributed by atoms with van der Waals surface area (Å²) in [4.78, 5) is 0. The number of hydrogen-bond donors (Lipinski definition) is 1. The lowest BCUT2D eigenvalue weighted by atomic mass is 10.00. The van der Waals surface area contributed by atoms with Crippen LogP contribution in [0.5, 0.6) is 5.75 Å². The van der Waals surface area contributed by atoms with Gasteiger partial charge in [-0.1, -0.05) is 24.3 Å². The molecule has 0 fully saturated rings. The molecule has 2 rings (SSSR count). The third-order valence-corrected chi connectivity index (χ3v) is 2.79. The van der Waals surface area contributed by atoms with Crippen molar-refractivity contribution in [3.63, 3.8) is 0 Å². The zero-order valence-electron chi connectivity index (χ0n) is 10.4. The standard InChI is InChI=1S/C14H9F5O2/c15-9-6-5-8(11(16)12(9)17)13(20)7-3-1-2-4-10(7)21-14(18)19/h1-6,13-14,20H. The molecule has 1 N–H and O–H groups in total. The fraction of sp³-hybridized carbons (Fsp3) is 0.143. The summed E-state index contributed by atoms with van der Waals surface area (Å²) in [5.74, 6) is -5.14. The molecule has 112 valence electrons. The molecule has 0 aromatic heterocycles. The highest BCUT2D eigenvalue weighted by Crippen LogP contribution is 2.33. The van der Waals surface area contributed by atoms with Crippen molar-refractivity contribution in [3.8, 4) is 5.75 Å². The van der Waals surface area contributed by atoms with Gasteiger partial charge in [0.1, 0.15) is 11.9 Å². The van der Waals surface area contributed by atoms with E-state index in [1.165, 1.54) is 18.2 Å². The van der Waals surface area contributed by atoms with E-state index in [4.69, 9.17) is 0 Å². The van der Waals surface area contributed by atoms with E-state index in [9.17, 15) is 27.1 Å². The van der Waals surface area contributed by atoms with Crippen LogP contribution in [0.2, 0.25) is 0 Å². The first kappa shape index (κ1) is 15.2. The average Bonchev–Trinajstić information content (AvgIpc) is 2.44. The van der Waals surface area contributed by atoms with Crippen LogP contribution < -0.4 is 4.74 Å². The van der Waals surface area contributed by atoms with Gasteiger partial charge in [-0.2, -0.15) is 8.78 Å². The molecule has 0 radical (unpaired) electrons. The quantitative estimate of drug-likeness (QED) is 0.688. The Morgan fingerprint density at radius 2 is 1.52 bits per heavy atom. The van der Waals surface area contributed by atoms with Crippen LogP contribution in [0.1, 0.15) is 17.2 Å². The monoisotopic (exact) mass is 304 g/mol. The SMILES string of the molecule is OC(c1ccccc1OC(F)F)c1ccc(F)c(F)c1F. The van der Waals surface area contributed by atoms with Crippen molar-refractivity contribution in [2.45, 2.75) is 12.7 Å². The summed E-state index contributed by atoms with van der Waals surface area (Å²) < 4.78 is 68.4. The van der Waals surface area contributed by atoms with Crippen molar-refractivity contribution in [2.24, 2.45) is 0 Å². The van der Waals surface area contributed by atoms with E-state index in [1.807, 2.05) is 0 Å². The van der Waals surface area contributed by atoms with Crippen LogP contribution in [-0.4, -0.2) is 11.7 Å². The van der Waals surface area contributed by atoms with Crippen LogP contribution in [0.4, 0.5) is 22.0 Å². The summed E-state index contributed by atoms with van der Waals surface area (Å²) in [7, 11) is 0. The van der Waals surface area contributed by atoms with Gasteiger partial charge in [-0.05, 0) is 12.1 Å². The molecular formula is C14H9F5O2. The Balaban J connectivity index is 2.45. The molecule has 21 heavy (non-hydrogen) atoms. The van der Waals surface area contributed by atoms with Gasteiger partial charge in [-0.3, -0.25) is 0 Å². The molecule has 0 bridgehead atoms. The summed E-state index contributed by atoms with van der Waals surface area (Å²) in [5.41, 5.74) is -0.776. The Bertz CT molecular complexity index is 645. The Morgan fingerprint density at radius 3 is 2.19 bits per heavy atom. The molecule has 0 amide bonds. The van der Waals surface area contributed by atoms with Gasteiger partial charge in [0.15, 0.2) is 17.5 Å². The first-order valence-electron chi connectivity index (χ1n) is 5.77. The van der Waals surface area contributed by atoms with E-state index in [1.54, 1.807) is 0 Å². The number of rotatable bonds is 4. The van der Waals surface area contributed by atoms with E-state index in [0.29, 0.717) is 6.07 Å². The van der Waals surface area contributed by atoms with Gasteiger partial charge in [-0.15, -0.1) is 0 Å². The second-order valence-corrected chi connectivity index (χ2v) is 4.08. The highest BCUT2D eigenvalue weighted by atomic mass is 19.3. The topological polar surface area (TPSA) is 29.5 Å². The average molecular weight is 304 g/mol. The largest absolute Gasteiger partial charge is 0.434 e. The zero-order valence-corrected chi connectivity index (χ0v) is 10.4. The highest BCUT2D eigenvalue weighted by Gasteiger charge is 2.23. The van der Waals surface area contributed by atoms with Crippen LogP contribution in [0.15, 0.2) is 36.4 Å². The predicted molar refractivity (Wildman–Crippen MR) is 63.5 cm³/mol. The second-order valence-electron chi connectivity index (χ2n) is 4.08. The third-order valence-electron chi connectivity index (χ3n) is 2.79. The van der Waals surface area contributed by atoms with Crippen molar-refractivity contribution in [3.05, 3.63) is 65.0 Å². The molecule has 1 atom stereocenters. The smallest absolute Gasteiger partial charge is 0.387 e. The summed E-state index contributed by atoms with van der Waals surface area (Å²) in [6.07, 6.45) is -1.78. The number of aliphatic hydroxyl groups excluding tert-OH is 1. The molecule has 0 aliphatic carbocycles. The first-order chi connectivity index (χ1) is 9.91. The minimum absolute atomic E-state index is 0.192. The van der Waals surface area contributed by atoms with Gasteiger partial charge in [-0.25, -0.2) is 13.2 Å². The Hall–Kier alpha value is -2.15. The predicted octanol–water partition coefficient (Wildman–Crippen LogP) is 3.79. The van der Waals surface area contributed by atoms with E-state index in [0.717, 1.165) is 12.1 Å². The molecule has 7 heteroatoms. The van der Waals surface area contributed by atoms with Crippen LogP contribution in [0, 0.1) is 17.5 Å². The number of halogens is 5. The molecule has 0 spiro atoms. The molecule has 0 saturated carbocycles. The second kappa shape index (κ2) is 6.09. The minimum Gasteiger partial charge on any atom is -0.434 e. The van der Waals surface area contributed by atoms with Crippen LogP contribution in [0.25, 0.3) is 0 Å². The van der Waals surface area contributed by atoms with Crippen molar-refractivity contribution in [2.75, 3.05) is 0 Å². The Kier molecular flexibility index (Phi) is 4.42. The Morgan fingerprint density at radius 1 is 0.857 bits per heavy atom. The van der Waals surface area contributed by atoms with Crippen molar-refractivity contribution in [1.82, 2.24) is 0 Å². The number of alkyl halides is 2. The van der Waals surface area contributed by atoms with Crippen LogP contribution in [0.3, 0.4) is 0 Å². The van der Waals surface area contributed by atoms with Gasteiger partial charge in [0, 0.05) is 11.1 Å². The lowest BCUT2D eigenvalue weighted by Crippen LogP contribution is -2.10. The molecule has 2 nitrogen and oxygen atoms in total. The third kappa shape index (κ3) is 3.13. The molecule has 1 unspecified atom stereocenters.